The lowest BCUT2D eigenvalue weighted by Crippen LogP contribution is -2.23. The van der Waals surface area contributed by atoms with Crippen molar-refractivity contribution in [2.45, 2.75) is 6.92 Å². The van der Waals surface area contributed by atoms with Crippen molar-refractivity contribution in [2.75, 3.05) is 27.2 Å². The second kappa shape index (κ2) is 5.71. The molecule has 0 saturated heterocycles. The zero-order valence-electron chi connectivity index (χ0n) is 7.83. The third kappa shape index (κ3) is 4.85. The van der Waals surface area contributed by atoms with Gasteiger partial charge in [0.25, 0.3) is 0 Å². The molecule has 0 rings (SSSR count). The Morgan fingerprint density at radius 2 is 2.25 bits per heavy atom. The van der Waals surface area contributed by atoms with Crippen LogP contribution in [0.1, 0.15) is 6.92 Å². The van der Waals surface area contributed by atoms with Gasteiger partial charge in [-0.1, -0.05) is 0 Å². The van der Waals surface area contributed by atoms with Crippen molar-refractivity contribution in [3.63, 3.8) is 0 Å². The topological polar surface area (TPSA) is 53.4 Å². The minimum absolute atomic E-state index is 0.327. The largest absolute Gasteiger partial charge is 0.464 e. The lowest BCUT2D eigenvalue weighted by Gasteiger charge is -2.10. The van der Waals surface area contributed by atoms with Crippen LogP contribution in [0.15, 0.2) is 0 Å². The minimum atomic E-state index is -0.424. The highest BCUT2D eigenvalue weighted by molar-refractivity contribution is 5.88. The van der Waals surface area contributed by atoms with Crippen molar-refractivity contribution in [1.29, 1.82) is 5.41 Å². The molecule has 0 aromatic rings. The minimum Gasteiger partial charge on any atom is -0.464 e. The summed E-state index contributed by atoms with van der Waals surface area (Å²) in [4.78, 5) is 12.9. The van der Waals surface area contributed by atoms with Crippen molar-refractivity contribution in [2.24, 2.45) is 5.92 Å². The molecule has 1 atom stereocenters. The predicted molar refractivity (Wildman–Crippen MR) is 47.5 cm³/mol. The Balaban J connectivity index is 3.50. The van der Waals surface area contributed by atoms with Gasteiger partial charge in [-0.2, -0.15) is 0 Å². The number of nitrogens with zero attached hydrogens (tertiary/aromatic N) is 1. The van der Waals surface area contributed by atoms with Crippen LogP contribution in [0.25, 0.3) is 0 Å². The molecule has 4 nitrogen and oxygen atoms in total. The summed E-state index contributed by atoms with van der Waals surface area (Å²) in [7, 11) is 3.82. The Morgan fingerprint density at radius 3 is 2.67 bits per heavy atom. The maximum Gasteiger partial charge on any atom is 0.314 e. The van der Waals surface area contributed by atoms with Crippen LogP contribution in [0.3, 0.4) is 0 Å². The van der Waals surface area contributed by atoms with Gasteiger partial charge in [0.1, 0.15) is 6.61 Å². The predicted octanol–water partition coefficient (Wildman–Crippen LogP) is 0.377. The standard InChI is InChI=1S/C8H16N2O2/c1-7(6-9)8(11)12-5-4-10(2)3/h6-7,9H,4-5H2,1-3H3. The molecule has 0 amide bonds. The Kier molecular flexibility index (Phi) is 5.28. The quantitative estimate of drug-likeness (QED) is 0.481. The zero-order chi connectivity index (χ0) is 9.56. The molecule has 0 saturated carbocycles. The molecule has 0 bridgehead atoms. The third-order valence-electron chi connectivity index (χ3n) is 1.40. The van der Waals surface area contributed by atoms with Crippen LogP contribution >= 0.6 is 0 Å². The van der Waals surface area contributed by atoms with Gasteiger partial charge in [-0.25, -0.2) is 0 Å². The number of ether oxygens (including phenoxy) is 1. The first-order valence-electron chi connectivity index (χ1n) is 3.90. The summed E-state index contributed by atoms with van der Waals surface area (Å²) in [6, 6.07) is 0. The van der Waals surface area contributed by atoms with E-state index in [0.29, 0.717) is 6.61 Å². The van der Waals surface area contributed by atoms with E-state index in [4.69, 9.17) is 10.1 Å². The van der Waals surface area contributed by atoms with Crippen molar-refractivity contribution >= 4 is 12.2 Å². The number of esters is 1. The van der Waals surface area contributed by atoms with Gasteiger partial charge in [0.05, 0.1) is 5.92 Å². The molecule has 12 heavy (non-hydrogen) atoms. The first-order valence-corrected chi connectivity index (χ1v) is 3.90. The maximum absolute atomic E-state index is 11.0. The Morgan fingerprint density at radius 1 is 1.67 bits per heavy atom. The van der Waals surface area contributed by atoms with Gasteiger partial charge in [-0.15, -0.1) is 0 Å². The molecule has 0 aliphatic rings. The van der Waals surface area contributed by atoms with Crippen LogP contribution < -0.4 is 0 Å². The molecule has 70 valence electrons. The highest BCUT2D eigenvalue weighted by atomic mass is 16.5. The summed E-state index contributed by atoms with van der Waals surface area (Å²) < 4.78 is 4.87. The molecule has 0 aromatic carbocycles. The average molecular weight is 172 g/mol. The van der Waals surface area contributed by atoms with Crippen molar-refractivity contribution in [3.05, 3.63) is 0 Å². The third-order valence-corrected chi connectivity index (χ3v) is 1.40. The fourth-order valence-corrected chi connectivity index (χ4v) is 0.528. The maximum atomic E-state index is 11.0. The van der Waals surface area contributed by atoms with Crippen LogP contribution in [-0.2, 0) is 9.53 Å². The molecule has 1 N–H and O–H groups in total. The normalized spacial score (nSPS) is 12.7. The van der Waals surface area contributed by atoms with E-state index in [1.54, 1.807) is 6.92 Å². The SMILES string of the molecule is CC(C=N)C(=O)OCCN(C)C. The van der Waals surface area contributed by atoms with Gasteiger partial charge in [0.15, 0.2) is 0 Å². The summed E-state index contributed by atoms with van der Waals surface area (Å²) in [5.41, 5.74) is 0. The summed E-state index contributed by atoms with van der Waals surface area (Å²) >= 11 is 0. The molecule has 1 unspecified atom stereocenters. The number of carbonyl (C=O) groups excluding carboxylic acids is 1. The summed E-state index contributed by atoms with van der Waals surface area (Å²) in [6.07, 6.45) is 1.08. The Hall–Kier alpha value is -0.900. The molecule has 0 aliphatic carbocycles. The van der Waals surface area contributed by atoms with E-state index in [2.05, 4.69) is 0 Å². The van der Waals surface area contributed by atoms with Gasteiger partial charge in [-0.05, 0) is 21.0 Å². The number of hydrogen-bond acceptors (Lipinski definition) is 4. The number of carbonyl (C=O) groups is 1. The van der Waals surface area contributed by atoms with E-state index in [-0.39, 0.29) is 5.97 Å². The van der Waals surface area contributed by atoms with Gasteiger partial charge < -0.3 is 15.0 Å². The fourth-order valence-electron chi connectivity index (χ4n) is 0.528. The average Bonchev–Trinajstić information content (AvgIpc) is 2.02. The molecule has 0 heterocycles. The molecular weight excluding hydrogens is 156 g/mol. The van der Waals surface area contributed by atoms with Gasteiger partial charge in [0.2, 0.25) is 0 Å². The number of hydrogen-bond donors (Lipinski definition) is 1. The molecule has 0 radical (unpaired) electrons. The number of nitrogens with one attached hydrogen (secondary N) is 1. The van der Waals surface area contributed by atoms with Gasteiger partial charge in [-0.3, -0.25) is 4.79 Å². The van der Waals surface area contributed by atoms with Gasteiger partial charge >= 0.3 is 5.97 Å². The lowest BCUT2D eigenvalue weighted by atomic mass is 10.2. The van der Waals surface area contributed by atoms with Crippen LogP contribution in [-0.4, -0.2) is 44.3 Å². The first kappa shape index (κ1) is 11.1. The summed E-state index contributed by atoms with van der Waals surface area (Å²) in [5, 5.41) is 6.82. The van der Waals surface area contributed by atoms with Crippen molar-refractivity contribution in [1.82, 2.24) is 4.90 Å². The smallest absolute Gasteiger partial charge is 0.314 e. The molecule has 4 heteroatoms. The lowest BCUT2D eigenvalue weighted by molar-refractivity contribution is -0.145. The fraction of sp³-hybridized carbons (Fsp3) is 0.750. The molecule has 0 spiro atoms. The Bertz CT molecular complexity index is 157. The monoisotopic (exact) mass is 172 g/mol. The second-order valence-corrected chi connectivity index (χ2v) is 2.93. The van der Waals surface area contributed by atoms with Crippen molar-refractivity contribution < 1.29 is 9.53 Å². The zero-order valence-corrected chi connectivity index (χ0v) is 7.83. The highest BCUT2D eigenvalue weighted by Crippen LogP contribution is 1.93. The van der Waals surface area contributed by atoms with Crippen LogP contribution in [0.5, 0.6) is 0 Å². The number of rotatable bonds is 5. The van der Waals surface area contributed by atoms with E-state index in [9.17, 15) is 4.79 Å². The number of likely N-dealkylation sites (N-methyl/N-ethyl adjacent to an activating group) is 1. The van der Waals surface area contributed by atoms with Gasteiger partial charge in [0, 0.05) is 12.8 Å². The van der Waals surface area contributed by atoms with E-state index in [0.717, 1.165) is 12.8 Å². The van der Waals surface area contributed by atoms with Crippen LogP contribution in [0.2, 0.25) is 0 Å². The van der Waals surface area contributed by atoms with E-state index < -0.39 is 5.92 Å². The second-order valence-electron chi connectivity index (χ2n) is 2.93. The van der Waals surface area contributed by atoms with E-state index in [1.165, 1.54) is 0 Å². The highest BCUT2D eigenvalue weighted by Gasteiger charge is 2.10. The molecular formula is C8H16N2O2. The van der Waals surface area contributed by atoms with E-state index in [1.807, 2.05) is 19.0 Å². The molecule has 0 aromatic heterocycles. The van der Waals surface area contributed by atoms with Crippen LogP contribution in [0.4, 0.5) is 0 Å². The first-order chi connectivity index (χ1) is 5.57. The molecule has 0 fully saturated rings. The summed E-state index contributed by atoms with van der Waals surface area (Å²) in [6.45, 7) is 2.76. The van der Waals surface area contributed by atoms with E-state index >= 15 is 0 Å². The molecule has 0 aliphatic heterocycles. The van der Waals surface area contributed by atoms with Crippen LogP contribution in [0, 0.1) is 11.3 Å². The van der Waals surface area contributed by atoms with Crippen molar-refractivity contribution in [3.8, 4) is 0 Å². The Labute approximate surface area is 73.0 Å². The summed E-state index contributed by atoms with van der Waals surface area (Å²) in [5.74, 6) is -0.751.